The summed E-state index contributed by atoms with van der Waals surface area (Å²) in [6.45, 7) is 11.7. The fraction of sp³-hybridized carbons (Fsp3) is 0.579. The Morgan fingerprint density at radius 3 is 2.71 bits per heavy atom. The lowest BCUT2D eigenvalue weighted by atomic mass is 9.70. The van der Waals surface area contributed by atoms with Crippen molar-refractivity contribution in [1.29, 1.82) is 0 Å². The Morgan fingerprint density at radius 2 is 1.96 bits per heavy atom. The van der Waals surface area contributed by atoms with Crippen molar-refractivity contribution in [3.63, 3.8) is 0 Å². The van der Waals surface area contributed by atoms with Crippen molar-refractivity contribution in [3.8, 4) is 5.75 Å². The normalized spacial score (nSPS) is 31.5. The van der Waals surface area contributed by atoms with E-state index in [1.54, 1.807) is 18.1 Å². The van der Waals surface area contributed by atoms with E-state index in [-0.39, 0.29) is 35.0 Å². The fourth-order valence-electron chi connectivity index (χ4n) is 7.94. The number of likely N-dealkylation sites (tertiary alicyclic amines) is 1. The Kier molecular flexibility index (Phi) is 10.7. The molecule has 9 nitrogen and oxygen atoms in total. The number of hydrogen-bond acceptors (Lipinski definition) is 6. The molecule has 3 heterocycles. The third kappa shape index (κ3) is 7.66. The minimum atomic E-state index is -3.44. The highest BCUT2D eigenvalue weighted by Gasteiger charge is 2.42. The molecule has 1 saturated heterocycles. The average Bonchev–Trinajstić information content (AvgIpc) is 3.18. The molecule has 0 radical (unpaired) electrons. The van der Waals surface area contributed by atoms with E-state index in [4.69, 9.17) is 21.1 Å². The maximum atomic E-state index is 14.4. The van der Waals surface area contributed by atoms with Crippen LogP contribution in [0, 0.1) is 23.7 Å². The zero-order valence-electron chi connectivity index (χ0n) is 29.5. The van der Waals surface area contributed by atoms with Crippen molar-refractivity contribution in [1.82, 2.24) is 9.62 Å². The van der Waals surface area contributed by atoms with Crippen LogP contribution in [0.15, 0.2) is 52.9 Å². The van der Waals surface area contributed by atoms with Crippen LogP contribution in [0.3, 0.4) is 0 Å². The van der Waals surface area contributed by atoms with Crippen molar-refractivity contribution >= 4 is 39.1 Å². The molecule has 4 aliphatic rings. The largest absolute Gasteiger partial charge is 0.490 e. The topological polar surface area (TPSA) is 101 Å². The molecule has 2 aromatic rings. The van der Waals surface area contributed by atoms with Gasteiger partial charge in [0.2, 0.25) is 0 Å². The van der Waals surface area contributed by atoms with Gasteiger partial charge in [-0.2, -0.15) is 0 Å². The number of methoxy groups -OCH3 is 1. The first kappa shape index (κ1) is 35.7. The van der Waals surface area contributed by atoms with E-state index in [0.29, 0.717) is 56.4 Å². The molecule has 1 aliphatic carbocycles. The van der Waals surface area contributed by atoms with Crippen LogP contribution in [-0.2, 0) is 26.5 Å². The summed E-state index contributed by atoms with van der Waals surface area (Å²) in [5.41, 5.74) is 3.39. The number of carbonyl (C=O) groups excluding carboxylic acids is 2. The molecule has 2 aromatic carbocycles. The summed E-state index contributed by atoms with van der Waals surface area (Å²) in [5.74, 6) is 0.861. The van der Waals surface area contributed by atoms with Crippen LogP contribution >= 0.6 is 11.6 Å². The molecule has 1 spiro atoms. The number of rotatable bonds is 3. The summed E-state index contributed by atoms with van der Waals surface area (Å²) in [6, 6.07) is 11.1. The van der Waals surface area contributed by atoms with Gasteiger partial charge in [-0.05, 0) is 97.2 Å². The number of aryl methyl sites for hydroxylation is 1. The van der Waals surface area contributed by atoms with Crippen LogP contribution in [0.4, 0.5) is 10.5 Å². The SMILES string of the molecule is CCC1CN(C(=O)NS2(=O)=NC(=O)c3ccc4c(c3)N(C[C@H](C)[C@@H](C)[C@@H](OC)/C=C\C[C@H](C)C2)C[C@@]2(CCCc3cc(Cl)ccc32)CO4)C1. The van der Waals surface area contributed by atoms with E-state index in [0.717, 1.165) is 36.4 Å². The molecule has 3 amide bonds. The average molecular weight is 711 g/mol. The lowest BCUT2D eigenvalue weighted by Crippen LogP contribution is -2.55. The number of urea groups is 1. The number of halogens is 1. The molecule has 6 atom stereocenters. The Balaban J connectivity index is 1.41. The number of nitrogens with one attached hydrogen (secondary N) is 1. The van der Waals surface area contributed by atoms with Crippen LogP contribution in [0.2, 0.25) is 5.02 Å². The molecule has 266 valence electrons. The monoisotopic (exact) mass is 710 g/mol. The Bertz CT molecular complexity index is 1720. The second-order valence-corrected chi connectivity index (χ2v) is 17.3. The van der Waals surface area contributed by atoms with Gasteiger partial charge >= 0.3 is 6.03 Å². The molecule has 2 bridgehead atoms. The Hall–Kier alpha value is -3.08. The summed E-state index contributed by atoms with van der Waals surface area (Å²) in [5, 5.41) is 0.740. The van der Waals surface area contributed by atoms with Gasteiger partial charge in [0, 0.05) is 49.3 Å². The zero-order valence-corrected chi connectivity index (χ0v) is 31.0. The first-order valence-electron chi connectivity index (χ1n) is 17.8. The molecular weight excluding hydrogens is 660 g/mol. The third-order valence-corrected chi connectivity index (χ3v) is 13.4. The van der Waals surface area contributed by atoms with Gasteiger partial charge < -0.3 is 19.3 Å². The summed E-state index contributed by atoms with van der Waals surface area (Å²) >= 11 is 6.45. The van der Waals surface area contributed by atoms with E-state index in [1.165, 1.54) is 11.1 Å². The smallest absolute Gasteiger partial charge is 0.329 e. The summed E-state index contributed by atoms with van der Waals surface area (Å²) in [7, 11) is -1.69. The number of anilines is 1. The van der Waals surface area contributed by atoms with Gasteiger partial charge in [-0.3, -0.25) is 9.52 Å². The molecule has 1 N–H and O–H groups in total. The quantitative estimate of drug-likeness (QED) is 0.337. The number of benzene rings is 2. The molecule has 49 heavy (non-hydrogen) atoms. The van der Waals surface area contributed by atoms with E-state index in [9.17, 15) is 13.8 Å². The lowest BCUT2D eigenvalue weighted by Gasteiger charge is -2.42. The molecule has 0 aromatic heterocycles. The lowest BCUT2D eigenvalue weighted by molar-refractivity contribution is 0.0743. The molecule has 6 rings (SSSR count). The van der Waals surface area contributed by atoms with Crippen LogP contribution < -0.4 is 14.4 Å². The van der Waals surface area contributed by atoms with E-state index < -0.39 is 21.9 Å². The maximum absolute atomic E-state index is 14.4. The second-order valence-electron chi connectivity index (χ2n) is 14.9. The van der Waals surface area contributed by atoms with E-state index >= 15 is 0 Å². The standard InChI is InChI=1S/C38H51ClN4O5S/c1-6-28-20-42(21-28)37(45)41-49(46)22-25(2)9-7-11-34(47-5)27(4)26(3)19-43-23-38(16-8-10-29-17-31(39)13-14-32(29)38)24-48-35-15-12-30(18-33(35)43)36(44)40-49/h7,11-15,17-18,25-28,34H,6,8-10,16,19-24H2,1-5H3,(H,40,41,44,45,46)/b11-7-/t25-,26-,27+,34-,38-,49?/m0/s1. The van der Waals surface area contributed by atoms with Crippen molar-refractivity contribution in [3.05, 3.63) is 70.3 Å². The van der Waals surface area contributed by atoms with Gasteiger partial charge in [-0.15, -0.1) is 4.36 Å². The predicted octanol–water partition coefficient (Wildman–Crippen LogP) is 7.27. The van der Waals surface area contributed by atoms with Crippen LogP contribution in [0.5, 0.6) is 5.75 Å². The van der Waals surface area contributed by atoms with Gasteiger partial charge in [0.1, 0.15) is 15.7 Å². The van der Waals surface area contributed by atoms with E-state index in [2.05, 4.69) is 59.0 Å². The van der Waals surface area contributed by atoms with Crippen LogP contribution in [0.1, 0.15) is 74.9 Å². The zero-order chi connectivity index (χ0) is 34.9. The second kappa shape index (κ2) is 14.6. The first-order valence-corrected chi connectivity index (χ1v) is 19.8. The van der Waals surface area contributed by atoms with Gasteiger partial charge in [-0.1, -0.05) is 57.5 Å². The Morgan fingerprint density at radius 1 is 1.16 bits per heavy atom. The highest BCUT2D eigenvalue weighted by molar-refractivity contribution is 7.92. The number of nitrogens with zero attached hydrogens (tertiary/aromatic N) is 3. The first-order chi connectivity index (χ1) is 23.4. The van der Waals surface area contributed by atoms with Crippen LogP contribution in [0.25, 0.3) is 0 Å². The van der Waals surface area contributed by atoms with Gasteiger partial charge in [0.25, 0.3) is 5.91 Å². The molecule has 1 fully saturated rings. The van der Waals surface area contributed by atoms with Crippen LogP contribution in [-0.4, -0.2) is 72.8 Å². The number of hydrogen-bond donors (Lipinski definition) is 1. The van der Waals surface area contributed by atoms with Gasteiger partial charge in [-0.25, -0.2) is 9.00 Å². The fourth-order valence-corrected chi connectivity index (χ4v) is 10.0. The van der Waals surface area contributed by atoms with Crippen molar-refractivity contribution in [2.45, 2.75) is 71.3 Å². The number of amides is 3. The van der Waals surface area contributed by atoms with Gasteiger partial charge in [0.15, 0.2) is 0 Å². The minimum Gasteiger partial charge on any atom is -0.490 e. The minimum absolute atomic E-state index is 0.0512. The number of allylic oxidation sites excluding steroid dienone is 1. The van der Waals surface area contributed by atoms with E-state index in [1.807, 2.05) is 25.1 Å². The third-order valence-electron chi connectivity index (χ3n) is 11.2. The Labute approximate surface area is 297 Å². The van der Waals surface area contributed by atoms with Crippen molar-refractivity contribution < 1.29 is 23.3 Å². The van der Waals surface area contributed by atoms with Crippen molar-refractivity contribution in [2.24, 2.45) is 28.0 Å². The summed E-state index contributed by atoms with van der Waals surface area (Å²) < 4.78 is 34.0. The molecule has 11 heteroatoms. The molecular formula is C38H51ClN4O5S. The summed E-state index contributed by atoms with van der Waals surface area (Å²) in [6.07, 6.45) is 8.60. The number of carbonyl (C=O) groups is 2. The number of ether oxygens (including phenoxy) is 2. The van der Waals surface area contributed by atoms with Crippen molar-refractivity contribution in [2.75, 3.05) is 50.5 Å². The predicted molar refractivity (Wildman–Crippen MR) is 196 cm³/mol. The number of fused-ring (bicyclic) bond motifs is 3. The molecule has 3 aliphatic heterocycles. The maximum Gasteiger partial charge on any atom is 0.329 e. The highest BCUT2D eigenvalue weighted by atomic mass is 35.5. The highest BCUT2D eigenvalue weighted by Crippen LogP contribution is 2.45. The summed E-state index contributed by atoms with van der Waals surface area (Å²) in [4.78, 5) is 31.1. The molecule has 0 saturated carbocycles. The molecule has 1 unspecified atom stereocenters. The van der Waals surface area contributed by atoms with Gasteiger partial charge in [0.05, 0.1) is 24.2 Å².